The molecule has 0 bridgehead atoms. The first kappa shape index (κ1) is 15.3. The van der Waals surface area contributed by atoms with Crippen LogP contribution in [0.5, 0.6) is 0 Å². The Kier molecular flexibility index (Phi) is 5.83. The van der Waals surface area contributed by atoms with Crippen molar-refractivity contribution in [3.8, 4) is 0 Å². The van der Waals surface area contributed by atoms with Crippen molar-refractivity contribution in [3.63, 3.8) is 0 Å². The third-order valence-corrected chi connectivity index (χ3v) is 3.90. The Hall–Kier alpha value is -1.10. The Morgan fingerprint density at radius 3 is 2.50 bits per heavy atom. The summed E-state index contributed by atoms with van der Waals surface area (Å²) in [4.78, 5) is 16.1. The van der Waals surface area contributed by atoms with E-state index in [-0.39, 0.29) is 5.91 Å². The molecule has 1 aromatic carbocycles. The zero-order chi connectivity index (χ0) is 14.4. The third-order valence-electron chi connectivity index (χ3n) is 3.65. The van der Waals surface area contributed by atoms with E-state index >= 15 is 0 Å². The fraction of sp³-hybridized carbons (Fsp3) is 0.533. The van der Waals surface area contributed by atoms with Gasteiger partial charge < -0.3 is 5.32 Å². The first-order valence-electron chi connectivity index (χ1n) is 7.07. The second kappa shape index (κ2) is 7.62. The molecule has 20 heavy (non-hydrogen) atoms. The summed E-state index contributed by atoms with van der Waals surface area (Å²) in [6.07, 6.45) is 1.10. The van der Waals surface area contributed by atoms with Crippen LogP contribution in [0.2, 0.25) is 5.02 Å². The molecule has 0 spiro atoms. The van der Waals surface area contributed by atoms with Crippen LogP contribution in [0.3, 0.4) is 0 Å². The van der Waals surface area contributed by atoms with Gasteiger partial charge in [0.15, 0.2) is 0 Å². The van der Waals surface area contributed by atoms with Gasteiger partial charge in [-0.15, -0.1) is 0 Å². The summed E-state index contributed by atoms with van der Waals surface area (Å²) < 4.78 is 0. The van der Waals surface area contributed by atoms with E-state index in [9.17, 15) is 4.79 Å². The van der Waals surface area contributed by atoms with E-state index in [1.807, 2.05) is 12.1 Å². The third kappa shape index (κ3) is 4.78. The fourth-order valence-corrected chi connectivity index (χ4v) is 2.60. The predicted molar refractivity (Wildman–Crippen MR) is 81.9 cm³/mol. The Morgan fingerprint density at radius 2 is 1.80 bits per heavy atom. The molecule has 1 fully saturated rings. The summed E-state index contributed by atoms with van der Waals surface area (Å²) in [7, 11) is 1.69. The number of likely N-dealkylation sites (N-methyl/N-ethyl adjacent to an activating group) is 1. The second-order valence-electron chi connectivity index (χ2n) is 5.21. The van der Waals surface area contributed by atoms with E-state index in [0.29, 0.717) is 6.54 Å². The minimum absolute atomic E-state index is 0.0937. The molecule has 1 aromatic rings. The van der Waals surface area contributed by atoms with Crippen LogP contribution in [-0.2, 0) is 11.3 Å². The molecular weight excluding hydrogens is 274 g/mol. The van der Waals surface area contributed by atoms with E-state index in [2.05, 4.69) is 27.2 Å². The topological polar surface area (TPSA) is 35.6 Å². The van der Waals surface area contributed by atoms with Gasteiger partial charge in [0.25, 0.3) is 0 Å². The Bertz CT molecular complexity index is 435. The van der Waals surface area contributed by atoms with Crippen LogP contribution in [0.25, 0.3) is 0 Å². The molecule has 0 saturated carbocycles. The van der Waals surface area contributed by atoms with Gasteiger partial charge in [-0.3, -0.25) is 14.6 Å². The molecule has 0 aromatic heterocycles. The van der Waals surface area contributed by atoms with Crippen LogP contribution in [0.15, 0.2) is 24.3 Å². The summed E-state index contributed by atoms with van der Waals surface area (Å²) in [6, 6.07) is 8.03. The lowest BCUT2D eigenvalue weighted by molar-refractivity contribution is -0.121. The minimum atomic E-state index is 0.0937. The van der Waals surface area contributed by atoms with E-state index in [0.717, 1.165) is 44.2 Å². The maximum atomic E-state index is 11.4. The zero-order valence-electron chi connectivity index (χ0n) is 11.9. The molecule has 1 aliphatic rings. The molecule has 5 heteroatoms. The highest BCUT2D eigenvalue weighted by atomic mass is 35.5. The molecule has 110 valence electrons. The molecule has 0 radical (unpaired) electrons. The lowest BCUT2D eigenvalue weighted by Gasteiger charge is -2.21. The van der Waals surface area contributed by atoms with Gasteiger partial charge in [0.05, 0.1) is 6.54 Å². The molecular formula is C15H22ClN3O. The number of halogens is 1. The summed E-state index contributed by atoms with van der Waals surface area (Å²) >= 11 is 5.90. The smallest absolute Gasteiger partial charge is 0.233 e. The lowest BCUT2D eigenvalue weighted by Crippen LogP contribution is -2.37. The van der Waals surface area contributed by atoms with Gasteiger partial charge in [-0.2, -0.15) is 0 Å². The molecule has 1 saturated heterocycles. The molecule has 1 heterocycles. The summed E-state index contributed by atoms with van der Waals surface area (Å²) in [6.45, 7) is 5.47. The van der Waals surface area contributed by atoms with Crippen molar-refractivity contribution in [3.05, 3.63) is 34.9 Å². The van der Waals surface area contributed by atoms with Gasteiger partial charge in [0, 0.05) is 31.7 Å². The molecule has 1 aliphatic heterocycles. The average molecular weight is 296 g/mol. The molecule has 4 nitrogen and oxygen atoms in total. The molecule has 0 atom stereocenters. The Morgan fingerprint density at radius 1 is 1.15 bits per heavy atom. The standard InChI is InChI=1S/C15H22ClN3O/c1-17-15(20)12-19-8-2-7-18(9-10-19)11-13-3-5-14(16)6-4-13/h3-6H,2,7-12H2,1H3,(H,17,20). The van der Waals surface area contributed by atoms with Gasteiger partial charge in [0.2, 0.25) is 5.91 Å². The van der Waals surface area contributed by atoms with Crippen molar-refractivity contribution < 1.29 is 4.79 Å². The Balaban J connectivity index is 1.83. The van der Waals surface area contributed by atoms with Gasteiger partial charge in [-0.1, -0.05) is 23.7 Å². The van der Waals surface area contributed by atoms with Crippen molar-refractivity contribution in [2.24, 2.45) is 0 Å². The number of nitrogens with one attached hydrogen (secondary N) is 1. The molecule has 1 amide bonds. The number of carbonyl (C=O) groups excluding carboxylic acids is 1. The largest absolute Gasteiger partial charge is 0.358 e. The van der Waals surface area contributed by atoms with Crippen LogP contribution in [0, 0.1) is 0 Å². The van der Waals surface area contributed by atoms with E-state index in [1.54, 1.807) is 7.05 Å². The van der Waals surface area contributed by atoms with Crippen molar-refractivity contribution >= 4 is 17.5 Å². The van der Waals surface area contributed by atoms with Crippen LogP contribution in [0.4, 0.5) is 0 Å². The predicted octanol–water partition coefficient (Wildman–Crippen LogP) is 1.59. The van der Waals surface area contributed by atoms with Crippen molar-refractivity contribution in [2.75, 3.05) is 39.8 Å². The lowest BCUT2D eigenvalue weighted by atomic mass is 10.2. The van der Waals surface area contributed by atoms with Gasteiger partial charge in [0.1, 0.15) is 0 Å². The molecule has 0 unspecified atom stereocenters. The minimum Gasteiger partial charge on any atom is -0.358 e. The number of carbonyl (C=O) groups is 1. The summed E-state index contributed by atoms with van der Waals surface area (Å²) in [5, 5.41) is 3.46. The number of amides is 1. The van der Waals surface area contributed by atoms with Crippen LogP contribution >= 0.6 is 11.6 Å². The quantitative estimate of drug-likeness (QED) is 0.916. The van der Waals surface area contributed by atoms with Crippen molar-refractivity contribution in [1.82, 2.24) is 15.1 Å². The van der Waals surface area contributed by atoms with E-state index in [4.69, 9.17) is 11.6 Å². The Labute approximate surface area is 125 Å². The normalized spacial score (nSPS) is 17.7. The first-order chi connectivity index (χ1) is 9.67. The fourth-order valence-electron chi connectivity index (χ4n) is 2.47. The molecule has 0 aliphatic carbocycles. The highest BCUT2D eigenvalue weighted by Gasteiger charge is 2.16. The van der Waals surface area contributed by atoms with Crippen molar-refractivity contribution in [2.45, 2.75) is 13.0 Å². The SMILES string of the molecule is CNC(=O)CN1CCCN(Cc2ccc(Cl)cc2)CC1. The zero-order valence-corrected chi connectivity index (χ0v) is 12.7. The number of hydrogen-bond donors (Lipinski definition) is 1. The maximum absolute atomic E-state index is 11.4. The molecule has 1 N–H and O–H groups in total. The number of benzene rings is 1. The monoisotopic (exact) mass is 295 g/mol. The maximum Gasteiger partial charge on any atom is 0.233 e. The average Bonchev–Trinajstić information content (AvgIpc) is 2.67. The van der Waals surface area contributed by atoms with Gasteiger partial charge in [-0.05, 0) is 37.2 Å². The van der Waals surface area contributed by atoms with E-state index in [1.165, 1.54) is 5.56 Å². The number of rotatable bonds is 4. The number of hydrogen-bond acceptors (Lipinski definition) is 3. The number of nitrogens with zero attached hydrogens (tertiary/aromatic N) is 2. The van der Waals surface area contributed by atoms with Crippen LogP contribution < -0.4 is 5.32 Å². The first-order valence-corrected chi connectivity index (χ1v) is 7.45. The second-order valence-corrected chi connectivity index (χ2v) is 5.64. The van der Waals surface area contributed by atoms with Crippen LogP contribution in [0.1, 0.15) is 12.0 Å². The van der Waals surface area contributed by atoms with Gasteiger partial charge >= 0.3 is 0 Å². The highest BCUT2D eigenvalue weighted by molar-refractivity contribution is 6.30. The summed E-state index contributed by atoms with van der Waals surface area (Å²) in [5.41, 5.74) is 1.29. The van der Waals surface area contributed by atoms with Gasteiger partial charge in [-0.25, -0.2) is 0 Å². The highest BCUT2D eigenvalue weighted by Crippen LogP contribution is 2.13. The summed E-state index contributed by atoms with van der Waals surface area (Å²) in [5.74, 6) is 0.0937. The molecule has 2 rings (SSSR count). The van der Waals surface area contributed by atoms with E-state index < -0.39 is 0 Å². The van der Waals surface area contributed by atoms with Crippen molar-refractivity contribution in [1.29, 1.82) is 0 Å². The van der Waals surface area contributed by atoms with Crippen LogP contribution in [-0.4, -0.2) is 55.5 Å².